The highest BCUT2D eigenvalue weighted by Crippen LogP contribution is 2.33. The van der Waals surface area contributed by atoms with Gasteiger partial charge in [-0.05, 0) is 30.5 Å². The van der Waals surface area contributed by atoms with Crippen molar-refractivity contribution in [2.75, 3.05) is 0 Å². The van der Waals surface area contributed by atoms with Crippen molar-refractivity contribution in [3.05, 3.63) is 45.2 Å². The predicted octanol–water partition coefficient (Wildman–Crippen LogP) is 5.30. The van der Waals surface area contributed by atoms with E-state index in [1.165, 1.54) is 0 Å². The maximum Gasteiger partial charge on any atom is 0.164 e. The van der Waals surface area contributed by atoms with Gasteiger partial charge in [0.15, 0.2) is 5.82 Å². The Morgan fingerprint density at radius 3 is 2.26 bits per heavy atom. The lowest BCUT2D eigenvalue weighted by molar-refractivity contribution is 0.634. The standard InChI is InChI=1S/C14H13Cl3N2/c1-8(2)6-9-7-12(17)19-14(18-9)13-10(15)4-3-5-11(13)16/h3-5,7-8H,6H2,1-2H3. The van der Waals surface area contributed by atoms with Gasteiger partial charge in [0.1, 0.15) is 5.15 Å². The number of aromatic nitrogens is 2. The second-order valence-corrected chi connectivity index (χ2v) is 5.90. The summed E-state index contributed by atoms with van der Waals surface area (Å²) in [5.74, 6) is 0.958. The van der Waals surface area contributed by atoms with Crippen molar-refractivity contribution in [3.8, 4) is 11.4 Å². The lowest BCUT2D eigenvalue weighted by Gasteiger charge is -2.09. The van der Waals surface area contributed by atoms with E-state index in [1.807, 2.05) is 0 Å². The van der Waals surface area contributed by atoms with E-state index in [1.54, 1.807) is 24.3 Å². The Balaban J connectivity index is 2.53. The molecule has 0 saturated carbocycles. The van der Waals surface area contributed by atoms with Crippen LogP contribution in [0.2, 0.25) is 15.2 Å². The van der Waals surface area contributed by atoms with Crippen molar-refractivity contribution >= 4 is 34.8 Å². The Hall–Kier alpha value is -0.830. The lowest BCUT2D eigenvalue weighted by atomic mass is 10.1. The van der Waals surface area contributed by atoms with Gasteiger partial charge in [-0.1, -0.05) is 54.7 Å². The third kappa shape index (κ3) is 3.59. The van der Waals surface area contributed by atoms with Crippen LogP contribution >= 0.6 is 34.8 Å². The summed E-state index contributed by atoms with van der Waals surface area (Å²) >= 11 is 18.4. The molecule has 2 nitrogen and oxygen atoms in total. The normalized spacial score (nSPS) is 11.1. The van der Waals surface area contributed by atoms with E-state index < -0.39 is 0 Å². The Labute approximate surface area is 127 Å². The highest BCUT2D eigenvalue weighted by Gasteiger charge is 2.13. The maximum absolute atomic E-state index is 6.17. The quantitative estimate of drug-likeness (QED) is 0.718. The zero-order valence-electron chi connectivity index (χ0n) is 10.6. The zero-order valence-corrected chi connectivity index (χ0v) is 12.9. The topological polar surface area (TPSA) is 25.8 Å². The van der Waals surface area contributed by atoms with Gasteiger partial charge in [0.25, 0.3) is 0 Å². The molecule has 2 rings (SSSR count). The van der Waals surface area contributed by atoms with E-state index in [2.05, 4.69) is 23.8 Å². The van der Waals surface area contributed by atoms with Crippen molar-refractivity contribution in [1.82, 2.24) is 9.97 Å². The highest BCUT2D eigenvalue weighted by atomic mass is 35.5. The van der Waals surface area contributed by atoms with E-state index >= 15 is 0 Å². The van der Waals surface area contributed by atoms with Crippen LogP contribution in [0.1, 0.15) is 19.5 Å². The number of benzene rings is 1. The second-order valence-electron chi connectivity index (χ2n) is 4.70. The summed E-state index contributed by atoms with van der Waals surface area (Å²) < 4.78 is 0. The molecule has 5 heteroatoms. The Kier molecular flexibility index (Phi) is 4.67. The van der Waals surface area contributed by atoms with Crippen molar-refractivity contribution < 1.29 is 0 Å². The first-order chi connectivity index (χ1) is 8.97. The third-order valence-electron chi connectivity index (χ3n) is 2.55. The molecule has 1 aromatic carbocycles. The van der Waals surface area contributed by atoms with Crippen molar-refractivity contribution in [2.45, 2.75) is 20.3 Å². The molecule has 19 heavy (non-hydrogen) atoms. The number of halogens is 3. The Morgan fingerprint density at radius 2 is 1.68 bits per heavy atom. The molecule has 0 radical (unpaired) electrons. The molecule has 0 spiro atoms. The Morgan fingerprint density at radius 1 is 1.05 bits per heavy atom. The summed E-state index contributed by atoms with van der Waals surface area (Å²) in [4.78, 5) is 8.72. The largest absolute Gasteiger partial charge is 0.233 e. The number of nitrogens with zero attached hydrogens (tertiary/aromatic N) is 2. The average Bonchev–Trinajstić information content (AvgIpc) is 2.26. The summed E-state index contributed by atoms with van der Waals surface area (Å²) in [5, 5.41) is 1.44. The van der Waals surface area contributed by atoms with Crippen molar-refractivity contribution in [3.63, 3.8) is 0 Å². The SMILES string of the molecule is CC(C)Cc1cc(Cl)nc(-c2c(Cl)cccc2Cl)n1. The number of hydrogen-bond acceptors (Lipinski definition) is 2. The third-order valence-corrected chi connectivity index (χ3v) is 3.38. The average molecular weight is 316 g/mol. The van der Waals surface area contributed by atoms with Gasteiger partial charge in [-0.3, -0.25) is 0 Å². The van der Waals surface area contributed by atoms with Crippen LogP contribution in [0.4, 0.5) is 0 Å². The van der Waals surface area contributed by atoms with E-state index in [0.717, 1.165) is 12.1 Å². The minimum atomic E-state index is 0.400. The van der Waals surface area contributed by atoms with Crippen LogP contribution in [0.5, 0.6) is 0 Å². The van der Waals surface area contributed by atoms with Crippen LogP contribution in [-0.2, 0) is 6.42 Å². The molecule has 0 atom stereocenters. The highest BCUT2D eigenvalue weighted by molar-refractivity contribution is 6.39. The molecule has 0 aliphatic carbocycles. The lowest BCUT2D eigenvalue weighted by Crippen LogP contribution is -2.01. The molecule has 0 N–H and O–H groups in total. The first-order valence-corrected chi connectivity index (χ1v) is 7.08. The summed E-state index contributed by atoms with van der Waals surface area (Å²) in [6, 6.07) is 7.08. The van der Waals surface area contributed by atoms with Gasteiger partial charge in [0.05, 0.1) is 15.6 Å². The van der Waals surface area contributed by atoms with Gasteiger partial charge in [0, 0.05) is 5.69 Å². The molecule has 0 bridgehead atoms. The molecule has 0 amide bonds. The van der Waals surface area contributed by atoms with E-state index in [0.29, 0.717) is 32.5 Å². The minimum Gasteiger partial charge on any atom is -0.233 e. The molecule has 100 valence electrons. The van der Waals surface area contributed by atoms with Gasteiger partial charge in [-0.25, -0.2) is 9.97 Å². The molecule has 0 aliphatic heterocycles. The fourth-order valence-corrected chi connectivity index (χ4v) is 2.58. The van der Waals surface area contributed by atoms with E-state index in [9.17, 15) is 0 Å². The molecular formula is C14H13Cl3N2. The second kappa shape index (κ2) is 6.08. The number of hydrogen-bond donors (Lipinski definition) is 0. The van der Waals surface area contributed by atoms with Crippen LogP contribution in [0.3, 0.4) is 0 Å². The molecule has 0 saturated heterocycles. The zero-order chi connectivity index (χ0) is 14.0. The molecular weight excluding hydrogens is 303 g/mol. The fourth-order valence-electron chi connectivity index (χ4n) is 1.81. The summed E-state index contributed by atoms with van der Waals surface area (Å²) in [6.45, 7) is 4.25. The monoisotopic (exact) mass is 314 g/mol. The van der Waals surface area contributed by atoms with Gasteiger partial charge in [-0.2, -0.15) is 0 Å². The smallest absolute Gasteiger partial charge is 0.164 e. The first-order valence-electron chi connectivity index (χ1n) is 5.95. The van der Waals surface area contributed by atoms with E-state index in [4.69, 9.17) is 34.8 Å². The van der Waals surface area contributed by atoms with Crippen LogP contribution in [0, 0.1) is 5.92 Å². The van der Waals surface area contributed by atoms with Crippen LogP contribution < -0.4 is 0 Å². The molecule has 0 aliphatic rings. The van der Waals surface area contributed by atoms with E-state index in [-0.39, 0.29) is 0 Å². The first kappa shape index (κ1) is 14.6. The molecule has 2 aromatic rings. The Bertz CT molecular complexity index is 577. The number of rotatable bonds is 3. The van der Waals surface area contributed by atoms with Gasteiger partial charge in [-0.15, -0.1) is 0 Å². The molecule has 0 fully saturated rings. The van der Waals surface area contributed by atoms with Gasteiger partial charge in [0.2, 0.25) is 0 Å². The molecule has 1 aromatic heterocycles. The van der Waals surface area contributed by atoms with Crippen molar-refractivity contribution in [2.24, 2.45) is 5.92 Å². The summed E-state index contributed by atoms with van der Waals surface area (Å²) in [7, 11) is 0. The van der Waals surface area contributed by atoms with Gasteiger partial charge >= 0.3 is 0 Å². The fraction of sp³-hybridized carbons (Fsp3) is 0.286. The van der Waals surface area contributed by atoms with Gasteiger partial charge < -0.3 is 0 Å². The molecule has 0 unspecified atom stereocenters. The van der Waals surface area contributed by atoms with Crippen molar-refractivity contribution in [1.29, 1.82) is 0 Å². The maximum atomic E-state index is 6.17. The minimum absolute atomic E-state index is 0.400. The predicted molar refractivity (Wildman–Crippen MR) is 81.0 cm³/mol. The molecule has 1 heterocycles. The summed E-state index contributed by atoms with van der Waals surface area (Å²) in [5.41, 5.74) is 1.51. The summed E-state index contributed by atoms with van der Waals surface area (Å²) in [6.07, 6.45) is 0.831. The van der Waals surface area contributed by atoms with Crippen LogP contribution in [0.15, 0.2) is 24.3 Å². The van der Waals surface area contributed by atoms with Crippen LogP contribution in [0.25, 0.3) is 11.4 Å². The van der Waals surface area contributed by atoms with Crippen LogP contribution in [-0.4, -0.2) is 9.97 Å².